The molecule has 0 saturated heterocycles. The van der Waals surface area contributed by atoms with E-state index in [-0.39, 0.29) is 22.9 Å². The molecule has 0 bridgehead atoms. The molecule has 2 atom stereocenters. The second kappa shape index (κ2) is 10.5. The van der Waals surface area contributed by atoms with Crippen molar-refractivity contribution >= 4 is 17.1 Å². The Balaban J connectivity index is 1.20. The van der Waals surface area contributed by atoms with Crippen molar-refractivity contribution in [2.24, 2.45) is 0 Å². The van der Waals surface area contributed by atoms with Crippen LogP contribution in [0.3, 0.4) is 0 Å². The van der Waals surface area contributed by atoms with Crippen molar-refractivity contribution in [1.29, 1.82) is 0 Å². The molecule has 0 saturated carbocycles. The van der Waals surface area contributed by atoms with E-state index in [9.17, 15) is 0 Å². The van der Waals surface area contributed by atoms with E-state index in [1.54, 1.807) is 0 Å². The first-order valence-corrected chi connectivity index (χ1v) is 17.9. The number of ether oxygens (including phenoxy) is 1. The number of fused-ring (bicyclic) bond motifs is 9. The van der Waals surface area contributed by atoms with Gasteiger partial charge in [0.25, 0.3) is 0 Å². The Kier molecular flexibility index (Phi) is 6.13. The van der Waals surface area contributed by atoms with E-state index in [1.165, 1.54) is 61.2 Å². The third kappa shape index (κ3) is 4.02. The molecule has 2 heteroatoms. The normalized spacial score (nSPS) is 19.1. The lowest BCUT2D eigenvalue weighted by molar-refractivity contribution is 0.269. The predicted octanol–water partition coefficient (Wildman–Crippen LogP) is 12.4. The van der Waals surface area contributed by atoms with Gasteiger partial charge in [0.15, 0.2) is 0 Å². The molecule has 0 aromatic heterocycles. The zero-order chi connectivity index (χ0) is 33.8. The maximum absolute atomic E-state index is 6.50. The Bertz CT molecular complexity index is 2330. The van der Waals surface area contributed by atoms with Gasteiger partial charge < -0.3 is 9.64 Å². The molecule has 0 fully saturated rings. The highest BCUT2D eigenvalue weighted by Crippen LogP contribution is 2.55. The topological polar surface area (TPSA) is 12.5 Å². The third-order valence-electron chi connectivity index (χ3n) is 11.8. The van der Waals surface area contributed by atoms with Gasteiger partial charge in [-0.15, -0.1) is 0 Å². The summed E-state index contributed by atoms with van der Waals surface area (Å²) >= 11 is 0. The summed E-state index contributed by atoms with van der Waals surface area (Å²) in [6, 6.07) is 47.5. The van der Waals surface area contributed by atoms with Gasteiger partial charge in [-0.2, -0.15) is 0 Å². The first kappa shape index (κ1) is 29.3. The first-order valence-electron chi connectivity index (χ1n) is 17.9. The average Bonchev–Trinajstić information content (AvgIpc) is 3.72. The molecule has 6 aromatic rings. The van der Waals surface area contributed by atoms with Crippen LogP contribution in [0.1, 0.15) is 61.4 Å². The maximum Gasteiger partial charge on any atom is 0.128 e. The van der Waals surface area contributed by atoms with Gasteiger partial charge in [-0.1, -0.05) is 137 Å². The Hall–Kier alpha value is -5.60. The first-order chi connectivity index (χ1) is 24.3. The maximum atomic E-state index is 6.50. The molecule has 50 heavy (non-hydrogen) atoms. The summed E-state index contributed by atoms with van der Waals surface area (Å²) in [5, 5.41) is 0. The Morgan fingerprint density at radius 2 is 1.00 bits per heavy atom. The molecule has 1 heterocycles. The van der Waals surface area contributed by atoms with Crippen LogP contribution in [0.15, 0.2) is 152 Å². The van der Waals surface area contributed by atoms with Gasteiger partial charge in [-0.3, -0.25) is 0 Å². The molecule has 4 aliphatic rings. The molecule has 1 aliphatic heterocycles. The summed E-state index contributed by atoms with van der Waals surface area (Å²) in [5.74, 6) is 1.16. The van der Waals surface area contributed by atoms with E-state index in [1.807, 2.05) is 0 Å². The highest BCUT2D eigenvalue weighted by molar-refractivity contribution is 5.93. The number of hydrogen-bond acceptors (Lipinski definition) is 2. The van der Waals surface area contributed by atoms with E-state index >= 15 is 0 Å². The molecule has 10 rings (SSSR count). The van der Waals surface area contributed by atoms with Crippen LogP contribution in [-0.2, 0) is 10.8 Å². The summed E-state index contributed by atoms with van der Waals surface area (Å²) < 4.78 is 6.50. The minimum Gasteiger partial charge on any atom is -0.485 e. The van der Waals surface area contributed by atoms with Gasteiger partial charge in [-0.25, -0.2) is 0 Å². The van der Waals surface area contributed by atoms with Crippen LogP contribution in [0, 0.1) is 0 Å². The van der Waals surface area contributed by atoms with Crippen molar-refractivity contribution < 1.29 is 4.74 Å². The van der Waals surface area contributed by atoms with Crippen molar-refractivity contribution in [3.05, 3.63) is 180 Å². The smallest absolute Gasteiger partial charge is 0.128 e. The number of benzene rings is 6. The molecule has 0 radical (unpaired) electrons. The summed E-state index contributed by atoms with van der Waals surface area (Å²) in [7, 11) is 0. The van der Waals surface area contributed by atoms with Gasteiger partial charge >= 0.3 is 0 Å². The van der Waals surface area contributed by atoms with E-state index in [4.69, 9.17) is 4.74 Å². The lowest BCUT2D eigenvalue weighted by Gasteiger charge is -2.31. The molecule has 2 unspecified atom stereocenters. The largest absolute Gasteiger partial charge is 0.485 e. The zero-order valence-electron chi connectivity index (χ0n) is 28.9. The van der Waals surface area contributed by atoms with Crippen molar-refractivity contribution in [2.45, 2.75) is 50.5 Å². The van der Waals surface area contributed by atoms with Crippen LogP contribution in [0.2, 0.25) is 0 Å². The molecular weight excluding hydrogens is 607 g/mol. The molecule has 6 aromatic carbocycles. The number of anilines is 3. The SMILES string of the molecule is CC1(C)c2ccccc2-c2ccc(N(c3ccc4c(c3)C(C)(C)c3ccccc3-4)c3ccccc3-c3cccc4c3C3C=CC=CC3O4)cc21. The second-order valence-electron chi connectivity index (χ2n) is 15.2. The van der Waals surface area contributed by atoms with Gasteiger partial charge in [0.2, 0.25) is 0 Å². The van der Waals surface area contributed by atoms with E-state index in [2.05, 4.69) is 184 Å². The van der Waals surface area contributed by atoms with Crippen LogP contribution >= 0.6 is 0 Å². The van der Waals surface area contributed by atoms with Gasteiger partial charge in [0, 0.05) is 39.2 Å². The molecule has 3 aliphatic carbocycles. The van der Waals surface area contributed by atoms with E-state index < -0.39 is 0 Å². The van der Waals surface area contributed by atoms with Crippen LogP contribution in [0.5, 0.6) is 5.75 Å². The van der Waals surface area contributed by atoms with Gasteiger partial charge in [-0.05, 0) is 92.5 Å². The fraction of sp³-hybridized carbons (Fsp3) is 0.167. The van der Waals surface area contributed by atoms with E-state index in [0.717, 1.165) is 22.8 Å². The summed E-state index contributed by atoms with van der Waals surface area (Å²) in [5.41, 5.74) is 17.8. The molecule has 242 valence electrons. The lowest BCUT2D eigenvalue weighted by atomic mass is 9.82. The fourth-order valence-corrected chi connectivity index (χ4v) is 9.32. The molecule has 0 spiro atoms. The monoisotopic (exact) mass is 645 g/mol. The molecule has 0 N–H and O–H groups in total. The molecular formula is C48H39NO. The quantitative estimate of drug-likeness (QED) is 0.189. The number of nitrogens with zero attached hydrogens (tertiary/aromatic N) is 1. The predicted molar refractivity (Wildman–Crippen MR) is 207 cm³/mol. The average molecular weight is 646 g/mol. The van der Waals surface area contributed by atoms with Gasteiger partial charge in [0.1, 0.15) is 11.9 Å². The van der Waals surface area contributed by atoms with Crippen LogP contribution in [0.25, 0.3) is 33.4 Å². The highest BCUT2D eigenvalue weighted by atomic mass is 16.5. The summed E-state index contributed by atoms with van der Waals surface area (Å²) in [6.45, 7) is 9.46. The van der Waals surface area contributed by atoms with Crippen molar-refractivity contribution in [3.63, 3.8) is 0 Å². The third-order valence-corrected chi connectivity index (χ3v) is 11.8. The number of hydrogen-bond donors (Lipinski definition) is 0. The van der Waals surface area contributed by atoms with Crippen LogP contribution in [0.4, 0.5) is 17.1 Å². The highest BCUT2D eigenvalue weighted by Gasteiger charge is 2.39. The Morgan fingerprint density at radius 1 is 0.480 bits per heavy atom. The number of para-hydroxylation sites is 1. The Labute approximate surface area is 295 Å². The number of allylic oxidation sites excluding steroid dienone is 2. The van der Waals surface area contributed by atoms with Gasteiger partial charge in [0.05, 0.1) is 5.69 Å². The van der Waals surface area contributed by atoms with E-state index in [0.29, 0.717) is 0 Å². The van der Waals surface area contributed by atoms with Crippen molar-refractivity contribution in [2.75, 3.05) is 4.90 Å². The van der Waals surface area contributed by atoms with Crippen molar-refractivity contribution in [3.8, 4) is 39.1 Å². The fourth-order valence-electron chi connectivity index (χ4n) is 9.32. The minimum atomic E-state index is -0.109. The second-order valence-corrected chi connectivity index (χ2v) is 15.2. The minimum absolute atomic E-state index is 0.0283. The lowest BCUT2D eigenvalue weighted by Crippen LogP contribution is -2.18. The molecule has 0 amide bonds. The molecule has 2 nitrogen and oxygen atoms in total. The Morgan fingerprint density at radius 3 is 1.64 bits per heavy atom. The summed E-state index contributed by atoms with van der Waals surface area (Å²) in [4.78, 5) is 2.50. The standard InChI is InChI=1S/C48H39NO/c1-47(2)39-19-9-5-14-32(39)34-26-24-30(28-41(34)47)49(31-25-27-35-33-15-6-10-20-40(33)48(3,4)42(35)29-31)43-21-11-7-16-36(43)37-18-13-23-45-46(37)38-17-8-12-22-44(38)50-45/h5-29,38,44H,1-4H3. The summed E-state index contributed by atoms with van der Waals surface area (Å²) in [6.07, 6.45) is 8.76. The van der Waals surface area contributed by atoms with Crippen LogP contribution < -0.4 is 9.64 Å². The van der Waals surface area contributed by atoms with Crippen molar-refractivity contribution in [1.82, 2.24) is 0 Å². The zero-order valence-corrected chi connectivity index (χ0v) is 28.9. The number of rotatable bonds is 4. The van der Waals surface area contributed by atoms with Crippen LogP contribution in [-0.4, -0.2) is 6.10 Å².